The number of halogens is 2. The smallest absolute Gasteiger partial charge is 0.149 e. The van der Waals surface area contributed by atoms with Crippen LogP contribution in [0.3, 0.4) is 0 Å². The summed E-state index contributed by atoms with van der Waals surface area (Å²) < 4.78 is 22.1. The Morgan fingerprint density at radius 3 is 2.16 bits per heavy atom. The van der Waals surface area contributed by atoms with Crippen molar-refractivity contribution < 1.29 is 8.42 Å². The summed E-state index contributed by atoms with van der Waals surface area (Å²) in [6.07, 6.45) is 2.12. The van der Waals surface area contributed by atoms with Crippen molar-refractivity contribution in [2.75, 3.05) is 35.7 Å². The lowest BCUT2D eigenvalue weighted by molar-refractivity contribution is 0.602. The predicted octanol–water partition coefficient (Wildman–Crippen LogP) is 2.67. The van der Waals surface area contributed by atoms with E-state index in [0.29, 0.717) is 21.7 Å². The van der Waals surface area contributed by atoms with Gasteiger partial charge in [-0.25, -0.2) is 13.4 Å². The van der Waals surface area contributed by atoms with Crippen molar-refractivity contribution in [3.63, 3.8) is 0 Å². The number of anilines is 2. The molecule has 0 aliphatic heterocycles. The van der Waals surface area contributed by atoms with Crippen LogP contribution in [0.1, 0.15) is 13.3 Å². The molecule has 0 amide bonds. The number of rotatable bonds is 7. The molecule has 2 N–H and O–H groups in total. The lowest BCUT2D eigenvalue weighted by atomic mass is 10.4. The largest absolute Gasteiger partial charge is 0.369 e. The normalized spacial score (nSPS) is 11.4. The topological polar surface area (TPSA) is 71.1 Å². The van der Waals surface area contributed by atoms with E-state index in [9.17, 15) is 8.42 Å². The molecule has 0 aliphatic carbocycles. The van der Waals surface area contributed by atoms with Crippen molar-refractivity contribution in [1.82, 2.24) is 4.98 Å². The predicted molar refractivity (Wildman–Crippen MR) is 81.2 cm³/mol. The average Bonchev–Trinajstić information content (AvgIpc) is 2.29. The highest BCUT2D eigenvalue weighted by atomic mass is 35.5. The maximum absolute atomic E-state index is 11.0. The van der Waals surface area contributed by atoms with E-state index in [1.165, 1.54) is 6.26 Å². The van der Waals surface area contributed by atoms with E-state index in [4.69, 9.17) is 23.2 Å². The zero-order valence-electron chi connectivity index (χ0n) is 10.8. The van der Waals surface area contributed by atoms with Crippen LogP contribution in [0.4, 0.5) is 11.6 Å². The van der Waals surface area contributed by atoms with E-state index >= 15 is 0 Å². The molecular weight excluding hydrogens is 309 g/mol. The van der Waals surface area contributed by atoms with Gasteiger partial charge in [-0.15, -0.1) is 0 Å². The van der Waals surface area contributed by atoms with Crippen molar-refractivity contribution in [2.45, 2.75) is 13.3 Å². The molecule has 0 saturated heterocycles. The molecule has 0 unspecified atom stereocenters. The molecule has 0 aromatic carbocycles. The van der Waals surface area contributed by atoms with Crippen LogP contribution in [-0.2, 0) is 9.84 Å². The third-order valence-electron chi connectivity index (χ3n) is 2.24. The Bertz CT molecular complexity index is 535. The Hall–Kier alpha value is -0.720. The first kappa shape index (κ1) is 16.3. The van der Waals surface area contributed by atoms with Crippen LogP contribution < -0.4 is 10.6 Å². The molecule has 1 rings (SSSR count). The quantitative estimate of drug-likeness (QED) is 0.806. The number of nitrogens with one attached hydrogen (secondary N) is 2. The van der Waals surface area contributed by atoms with Gasteiger partial charge in [-0.2, -0.15) is 0 Å². The maximum atomic E-state index is 11.0. The summed E-state index contributed by atoms with van der Waals surface area (Å²) >= 11 is 12.0. The number of hydrogen-bond acceptors (Lipinski definition) is 5. The molecule has 0 saturated carbocycles. The van der Waals surface area contributed by atoms with Gasteiger partial charge >= 0.3 is 0 Å². The minimum atomic E-state index is -3.01. The Balaban J connectivity index is 2.76. The molecule has 19 heavy (non-hydrogen) atoms. The van der Waals surface area contributed by atoms with Gasteiger partial charge in [0.1, 0.15) is 21.5 Å². The summed E-state index contributed by atoms with van der Waals surface area (Å²) in [7, 11) is -3.01. The van der Waals surface area contributed by atoms with Gasteiger partial charge in [0.15, 0.2) is 0 Å². The Morgan fingerprint density at radius 2 is 1.68 bits per heavy atom. The summed E-state index contributed by atoms with van der Waals surface area (Å²) in [4.78, 5) is 4.25. The fourth-order valence-corrected chi connectivity index (χ4v) is 2.28. The Morgan fingerprint density at radius 1 is 1.16 bits per heavy atom. The first-order valence-electron chi connectivity index (χ1n) is 5.85. The van der Waals surface area contributed by atoms with Gasteiger partial charge in [-0.3, -0.25) is 0 Å². The Kier molecular flexibility index (Phi) is 6.16. The third-order valence-corrected chi connectivity index (χ3v) is 3.76. The van der Waals surface area contributed by atoms with Crippen molar-refractivity contribution in [1.29, 1.82) is 0 Å². The number of sulfone groups is 1. The van der Waals surface area contributed by atoms with Crippen LogP contribution in [-0.4, -0.2) is 38.5 Å². The molecule has 1 heterocycles. The van der Waals surface area contributed by atoms with Crippen molar-refractivity contribution in [3.05, 3.63) is 16.1 Å². The fourth-order valence-electron chi connectivity index (χ4n) is 1.31. The van der Waals surface area contributed by atoms with Gasteiger partial charge < -0.3 is 10.6 Å². The van der Waals surface area contributed by atoms with Crippen molar-refractivity contribution in [2.24, 2.45) is 0 Å². The molecular formula is C11H17Cl2N3O2S. The van der Waals surface area contributed by atoms with E-state index in [1.807, 2.05) is 6.92 Å². The van der Waals surface area contributed by atoms with Crippen molar-refractivity contribution in [3.8, 4) is 0 Å². The lowest BCUT2D eigenvalue weighted by Gasteiger charge is -2.11. The van der Waals surface area contributed by atoms with E-state index in [1.54, 1.807) is 6.07 Å². The van der Waals surface area contributed by atoms with Gasteiger partial charge in [-0.05, 0) is 12.5 Å². The van der Waals surface area contributed by atoms with Crippen LogP contribution in [0.5, 0.6) is 0 Å². The van der Waals surface area contributed by atoms with Gasteiger partial charge in [0.2, 0.25) is 0 Å². The SMILES string of the molecule is CCCNc1nc(NCCS(C)(=O)=O)c(Cl)cc1Cl. The zero-order chi connectivity index (χ0) is 14.5. The standard InChI is InChI=1S/C11H17Cl2N3O2S/c1-3-4-14-10-8(12)7-9(13)11(16-10)15-5-6-19(2,17)18/h7H,3-6H2,1-2H3,(H2,14,15,16). The van der Waals surface area contributed by atoms with E-state index < -0.39 is 9.84 Å². The van der Waals surface area contributed by atoms with Crippen LogP contribution in [0, 0.1) is 0 Å². The van der Waals surface area contributed by atoms with Crippen molar-refractivity contribution >= 4 is 44.7 Å². The monoisotopic (exact) mass is 325 g/mol. The van der Waals surface area contributed by atoms with Crippen LogP contribution in [0.15, 0.2) is 6.07 Å². The van der Waals surface area contributed by atoms with E-state index in [-0.39, 0.29) is 12.3 Å². The average molecular weight is 326 g/mol. The third kappa shape index (κ3) is 5.84. The van der Waals surface area contributed by atoms with E-state index in [0.717, 1.165) is 13.0 Å². The fraction of sp³-hybridized carbons (Fsp3) is 0.545. The first-order chi connectivity index (χ1) is 8.83. The highest BCUT2D eigenvalue weighted by molar-refractivity contribution is 7.90. The highest BCUT2D eigenvalue weighted by Crippen LogP contribution is 2.29. The number of nitrogens with zero attached hydrogens (tertiary/aromatic N) is 1. The molecule has 0 radical (unpaired) electrons. The second-order valence-electron chi connectivity index (χ2n) is 4.13. The van der Waals surface area contributed by atoms with Crippen LogP contribution in [0.2, 0.25) is 10.0 Å². The van der Waals surface area contributed by atoms with Gasteiger partial charge in [0.25, 0.3) is 0 Å². The van der Waals surface area contributed by atoms with E-state index in [2.05, 4.69) is 15.6 Å². The number of pyridine rings is 1. The van der Waals surface area contributed by atoms with Gasteiger partial charge in [0, 0.05) is 19.3 Å². The molecule has 1 aromatic heterocycles. The minimum absolute atomic E-state index is 0.0192. The molecule has 108 valence electrons. The summed E-state index contributed by atoms with van der Waals surface area (Å²) in [6, 6.07) is 1.58. The molecule has 8 heteroatoms. The number of hydrogen-bond donors (Lipinski definition) is 2. The van der Waals surface area contributed by atoms with Crippen LogP contribution in [0.25, 0.3) is 0 Å². The maximum Gasteiger partial charge on any atom is 0.149 e. The molecule has 0 spiro atoms. The second-order valence-corrected chi connectivity index (χ2v) is 7.21. The summed E-state index contributed by atoms with van der Waals surface area (Å²) in [6.45, 7) is 3.03. The molecule has 5 nitrogen and oxygen atoms in total. The molecule has 1 aromatic rings. The van der Waals surface area contributed by atoms with Crippen LogP contribution >= 0.6 is 23.2 Å². The summed E-state index contributed by atoms with van der Waals surface area (Å²) in [5.74, 6) is 0.980. The summed E-state index contributed by atoms with van der Waals surface area (Å²) in [5.41, 5.74) is 0. The highest BCUT2D eigenvalue weighted by Gasteiger charge is 2.09. The Labute approximate surface area is 123 Å². The zero-order valence-corrected chi connectivity index (χ0v) is 13.2. The summed E-state index contributed by atoms with van der Waals surface area (Å²) in [5, 5.41) is 6.77. The first-order valence-corrected chi connectivity index (χ1v) is 8.66. The molecule has 0 bridgehead atoms. The molecule has 0 aliphatic rings. The molecule has 0 fully saturated rings. The lowest BCUT2D eigenvalue weighted by Crippen LogP contribution is -2.15. The number of aromatic nitrogens is 1. The minimum Gasteiger partial charge on any atom is -0.369 e. The second kappa shape index (κ2) is 7.17. The van der Waals surface area contributed by atoms with Gasteiger partial charge in [0.05, 0.1) is 15.8 Å². The van der Waals surface area contributed by atoms with Gasteiger partial charge in [-0.1, -0.05) is 30.1 Å². The molecule has 0 atom stereocenters.